The van der Waals surface area contributed by atoms with Crippen LogP contribution in [0.5, 0.6) is 0 Å². The molecule has 0 aromatic heterocycles. The first-order valence-corrected chi connectivity index (χ1v) is 6.03. The second kappa shape index (κ2) is 4.64. The molecule has 82 valence electrons. The van der Waals surface area contributed by atoms with Crippen molar-refractivity contribution < 1.29 is 9.84 Å². The largest absolute Gasteiger partial charge is 0.388 e. The van der Waals surface area contributed by atoms with Crippen molar-refractivity contribution in [3.8, 4) is 0 Å². The first-order chi connectivity index (χ1) is 7.18. The SMILES string of the molecule is CC1OCCC1C(O)c1ccc(Br)cc1. The second-order valence-corrected chi connectivity index (χ2v) is 4.94. The van der Waals surface area contributed by atoms with Crippen LogP contribution in [0.25, 0.3) is 0 Å². The minimum absolute atomic E-state index is 0.156. The molecule has 0 radical (unpaired) electrons. The van der Waals surface area contributed by atoms with Gasteiger partial charge in [-0.25, -0.2) is 0 Å². The highest BCUT2D eigenvalue weighted by Crippen LogP contribution is 2.33. The quantitative estimate of drug-likeness (QED) is 0.896. The van der Waals surface area contributed by atoms with E-state index in [1.54, 1.807) is 0 Å². The van der Waals surface area contributed by atoms with Crippen LogP contribution in [0.2, 0.25) is 0 Å². The van der Waals surface area contributed by atoms with Gasteiger partial charge >= 0.3 is 0 Å². The van der Waals surface area contributed by atoms with E-state index in [4.69, 9.17) is 4.74 Å². The van der Waals surface area contributed by atoms with Crippen LogP contribution in [-0.4, -0.2) is 17.8 Å². The number of rotatable bonds is 2. The van der Waals surface area contributed by atoms with Crippen LogP contribution in [0.1, 0.15) is 25.0 Å². The summed E-state index contributed by atoms with van der Waals surface area (Å²) in [6, 6.07) is 7.83. The van der Waals surface area contributed by atoms with E-state index in [0.29, 0.717) is 0 Å². The summed E-state index contributed by atoms with van der Waals surface area (Å²) in [5.74, 6) is 0.228. The maximum atomic E-state index is 10.2. The Morgan fingerprint density at radius 3 is 2.60 bits per heavy atom. The summed E-state index contributed by atoms with van der Waals surface area (Å²) >= 11 is 3.38. The highest BCUT2D eigenvalue weighted by molar-refractivity contribution is 9.10. The Labute approximate surface area is 98.4 Å². The minimum atomic E-state index is -0.407. The molecule has 1 aliphatic heterocycles. The van der Waals surface area contributed by atoms with E-state index in [1.165, 1.54) is 0 Å². The Bertz CT molecular complexity index is 323. The van der Waals surface area contributed by atoms with E-state index >= 15 is 0 Å². The standard InChI is InChI=1S/C12H15BrO2/c1-8-11(6-7-15-8)12(14)9-2-4-10(13)5-3-9/h2-5,8,11-12,14H,6-7H2,1H3. The van der Waals surface area contributed by atoms with E-state index in [-0.39, 0.29) is 12.0 Å². The summed E-state index contributed by atoms with van der Waals surface area (Å²) < 4.78 is 6.50. The number of benzene rings is 1. The van der Waals surface area contributed by atoms with Gasteiger partial charge in [-0.2, -0.15) is 0 Å². The normalized spacial score (nSPS) is 27.9. The van der Waals surface area contributed by atoms with Gasteiger partial charge in [-0.1, -0.05) is 28.1 Å². The molecule has 1 saturated heterocycles. The van der Waals surface area contributed by atoms with Crippen molar-refractivity contribution in [2.45, 2.75) is 25.6 Å². The summed E-state index contributed by atoms with van der Waals surface area (Å²) in [5.41, 5.74) is 0.973. The van der Waals surface area contributed by atoms with E-state index in [1.807, 2.05) is 31.2 Å². The summed E-state index contributed by atoms with van der Waals surface area (Å²) in [4.78, 5) is 0. The fraction of sp³-hybridized carbons (Fsp3) is 0.500. The van der Waals surface area contributed by atoms with Crippen molar-refractivity contribution in [1.82, 2.24) is 0 Å². The van der Waals surface area contributed by atoms with Crippen LogP contribution in [0.3, 0.4) is 0 Å². The summed E-state index contributed by atoms with van der Waals surface area (Å²) in [5, 5.41) is 10.2. The highest BCUT2D eigenvalue weighted by atomic mass is 79.9. The molecule has 0 spiro atoms. The molecule has 1 heterocycles. The van der Waals surface area contributed by atoms with Crippen molar-refractivity contribution in [3.05, 3.63) is 34.3 Å². The van der Waals surface area contributed by atoms with Gasteiger partial charge in [0.15, 0.2) is 0 Å². The van der Waals surface area contributed by atoms with Crippen molar-refractivity contribution in [2.75, 3.05) is 6.61 Å². The van der Waals surface area contributed by atoms with Crippen molar-refractivity contribution in [3.63, 3.8) is 0 Å². The molecule has 3 unspecified atom stereocenters. The average Bonchev–Trinajstić information content (AvgIpc) is 2.65. The molecule has 3 heteroatoms. The van der Waals surface area contributed by atoms with Crippen molar-refractivity contribution in [2.24, 2.45) is 5.92 Å². The summed E-state index contributed by atoms with van der Waals surface area (Å²) in [6.45, 7) is 2.79. The molecule has 2 rings (SSSR count). The van der Waals surface area contributed by atoms with Gasteiger partial charge < -0.3 is 9.84 Å². The molecule has 0 amide bonds. The third-order valence-corrected chi connectivity index (χ3v) is 3.58. The molecule has 1 fully saturated rings. The van der Waals surface area contributed by atoms with E-state index in [0.717, 1.165) is 23.1 Å². The number of hydrogen-bond acceptors (Lipinski definition) is 2. The lowest BCUT2D eigenvalue weighted by Crippen LogP contribution is -2.19. The first kappa shape index (κ1) is 11.1. The third-order valence-electron chi connectivity index (χ3n) is 3.05. The minimum Gasteiger partial charge on any atom is -0.388 e. The molecule has 0 bridgehead atoms. The fourth-order valence-electron chi connectivity index (χ4n) is 2.07. The van der Waals surface area contributed by atoms with Crippen LogP contribution in [0.15, 0.2) is 28.7 Å². The van der Waals surface area contributed by atoms with Crippen LogP contribution < -0.4 is 0 Å². The Morgan fingerprint density at radius 1 is 1.40 bits per heavy atom. The van der Waals surface area contributed by atoms with Gasteiger partial charge in [-0.15, -0.1) is 0 Å². The molecule has 1 aliphatic rings. The maximum absolute atomic E-state index is 10.2. The average molecular weight is 271 g/mol. The molecule has 1 aromatic rings. The molecule has 2 nitrogen and oxygen atoms in total. The molecule has 1 aromatic carbocycles. The van der Waals surface area contributed by atoms with E-state index < -0.39 is 6.10 Å². The van der Waals surface area contributed by atoms with Crippen LogP contribution >= 0.6 is 15.9 Å². The summed E-state index contributed by atoms with van der Waals surface area (Å²) in [7, 11) is 0. The lowest BCUT2D eigenvalue weighted by atomic mass is 9.91. The van der Waals surface area contributed by atoms with Gasteiger partial charge in [0.25, 0.3) is 0 Å². The topological polar surface area (TPSA) is 29.5 Å². The van der Waals surface area contributed by atoms with E-state index in [9.17, 15) is 5.11 Å². The predicted octanol–water partition coefficient (Wildman–Crippen LogP) is 2.91. The first-order valence-electron chi connectivity index (χ1n) is 5.23. The fourth-order valence-corrected chi connectivity index (χ4v) is 2.33. The van der Waals surface area contributed by atoms with Gasteiger partial charge in [0.1, 0.15) is 0 Å². The summed E-state index contributed by atoms with van der Waals surface area (Å²) in [6.07, 6.45) is 0.692. The smallest absolute Gasteiger partial charge is 0.0843 e. The van der Waals surface area contributed by atoms with Crippen molar-refractivity contribution >= 4 is 15.9 Å². The molecule has 3 atom stereocenters. The van der Waals surface area contributed by atoms with E-state index in [2.05, 4.69) is 15.9 Å². The number of ether oxygens (including phenoxy) is 1. The van der Waals surface area contributed by atoms with Crippen LogP contribution in [-0.2, 0) is 4.74 Å². The number of aliphatic hydroxyl groups is 1. The molecular weight excluding hydrogens is 256 g/mol. The maximum Gasteiger partial charge on any atom is 0.0843 e. The van der Waals surface area contributed by atoms with Gasteiger partial charge in [0, 0.05) is 17.0 Å². The van der Waals surface area contributed by atoms with Gasteiger partial charge in [0.2, 0.25) is 0 Å². The predicted molar refractivity (Wildman–Crippen MR) is 62.6 cm³/mol. The van der Waals surface area contributed by atoms with Gasteiger partial charge in [-0.05, 0) is 31.0 Å². The number of hydrogen-bond donors (Lipinski definition) is 1. The zero-order valence-corrected chi connectivity index (χ0v) is 10.3. The van der Waals surface area contributed by atoms with Crippen LogP contribution in [0.4, 0.5) is 0 Å². The highest BCUT2D eigenvalue weighted by Gasteiger charge is 2.31. The number of aliphatic hydroxyl groups excluding tert-OH is 1. The Balaban J connectivity index is 2.13. The van der Waals surface area contributed by atoms with Crippen LogP contribution in [0, 0.1) is 5.92 Å². The van der Waals surface area contributed by atoms with Crippen molar-refractivity contribution in [1.29, 1.82) is 0 Å². The lowest BCUT2D eigenvalue weighted by Gasteiger charge is -2.21. The molecule has 0 saturated carbocycles. The molecular formula is C12H15BrO2. The Morgan fingerprint density at radius 2 is 2.07 bits per heavy atom. The lowest BCUT2D eigenvalue weighted by molar-refractivity contribution is 0.0431. The van der Waals surface area contributed by atoms with Gasteiger partial charge in [0.05, 0.1) is 12.2 Å². The zero-order valence-electron chi connectivity index (χ0n) is 8.69. The Hall–Kier alpha value is -0.380. The third kappa shape index (κ3) is 2.41. The van der Waals surface area contributed by atoms with Gasteiger partial charge in [-0.3, -0.25) is 0 Å². The Kier molecular flexibility index (Phi) is 3.44. The zero-order chi connectivity index (χ0) is 10.8. The molecule has 15 heavy (non-hydrogen) atoms. The molecule has 1 N–H and O–H groups in total. The number of halogens is 1. The monoisotopic (exact) mass is 270 g/mol. The second-order valence-electron chi connectivity index (χ2n) is 4.02. The molecule has 0 aliphatic carbocycles.